The molecule has 2 atom stereocenters. The molecule has 1 N–H and O–H groups in total. The number of nitrogens with zero attached hydrogens (tertiary/aromatic N) is 1. The monoisotopic (exact) mass is 202 g/mol. The van der Waals surface area contributed by atoms with Gasteiger partial charge in [-0.15, -0.1) is 0 Å². The largest absolute Gasteiger partial charge is 0.316 e. The zero-order valence-electron chi connectivity index (χ0n) is 7.44. The maximum atomic E-state index is 11.6. The molecular formula is C8H14N2O2S. The number of rotatable bonds is 1. The van der Waals surface area contributed by atoms with Gasteiger partial charge < -0.3 is 5.32 Å². The molecule has 5 heteroatoms. The van der Waals surface area contributed by atoms with E-state index >= 15 is 0 Å². The van der Waals surface area contributed by atoms with Crippen molar-refractivity contribution in [3.05, 3.63) is 0 Å². The molecule has 2 aliphatic heterocycles. The van der Waals surface area contributed by atoms with Gasteiger partial charge in [0.1, 0.15) is 0 Å². The van der Waals surface area contributed by atoms with Crippen LogP contribution in [-0.2, 0) is 10.0 Å². The minimum absolute atomic E-state index is 0.355. The molecule has 0 bridgehead atoms. The summed E-state index contributed by atoms with van der Waals surface area (Å²) in [6.45, 7) is 2.79. The molecule has 1 aliphatic carbocycles. The predicted molar refractivity (Wildman–Crippen MR) is 48.7 cm³/mol. The van der Waals surface area contributed by atoms with Gasteiger partial charge in [0.15, 0.2) is 0 Å². The lowest BCUT2D eigenvalue weighted by Crippen LogP contribution is -2.34. The van der Waals surface area contributed by atoms with Gasteiger partial charge in [0.2, 0.25) is 10.0 Å². The quantitative estimate of drug-likeness (QED) is 0.608. The van der Waals surface area contributed by atoms with Crippen molar-refractivity contribution in [3.8, 4) is 0 Å². The van der Waals surface area contributed by atoms with Gasteiger partial charge in [0.05, 0.1) is 5.75 Å². The molecule has 0 amide bonds. The highest BCUT2D eigenvalue weighted by molar-refractivity contribution is 7.89. The Morgan fingerprint density at radius 1 is 1.23 bits per heavy atom. The first-order valence-electron chi connectivity index (χ1n) is 4.90. The second-order valence-corrected chi connectivity index (χ2v) is 6.30. The third-order valence-corrected chi connectivity index (χ3v) is 5.46. The lowest BCUT2D eigenvalue weighted by Gasteiger charge is -2.16. The highest BCUT2D eigenvalue weighted by Crippen LogP contribution is 2.47. The first-order chi connectivity index (χ1) is 6.20. The van der Waals surface area contributed by atoms with Gasteiger partial charge >= 0.3 is 0 Å². The van der Waals surface area contributed by atoms with E-state index < -0.39 is 10.0 Å². The molecule has 13 heavy (non-hydrogen) atoms. The summed E-state index contributed by atoms with van der Waals surface area (Å²) in [5.41, 5.74) is 0. The lowest BCUT2D eigenvalue weighted by atomic mass is 10.4. The van der Waals surface area contributed by atoms with Crippen LogP contribution in [0.1, 0.15) is 6.42 Å². The second kappa shape index (κ2) is 2.46. The van der Waals surface area contributed by atoms with E-state index in [1.54, 1.807) is 4.31 Å². The van der Waals surface area contributed by atoms with Crippen LogP contribution in [0.5, 0.6) is 0 Å². The van der Waals surface area contributed by atoms with E-state index in [-0.39, 0.29) is 0 Å². The Kier molecular flexibility index (Phi) is 1.55. The molecule has 0 aromatic rings. The smallest absolute Gasteiger partial charge is 0.214 e. The molecule has 0 spiro atoms. The Labute approximate surface area is 78.3 Å². The Hall–Kier alpha value is -0.130. The number of nitrogens with one attached hydrogen (secondary N) is 1. The standard InChI is InChI=1S/C8H14N2O2S/c11-13(12)3-1-2-10(13)8-6-4-9-5-7(6)8/h6-9H,1-5H2. The zero-order valence-corrected chi connectivity index (χ0v) is 8.26. The molecule has 2 saturated heterocycles. The second-order valence-electron chi connectivity index (χ2n) is 4.26. The van der Waals surface area contributed by atoms with E-state index in [0.717, 1.165) is 26.1 Å². The average Bonchev–Trinajstić information content (AvgIpc) is 2.50. The first-order valence-corrected chi connectivity index (χ1v) is 6.51. The summed E-state index contributed by atoms with van der Waals surface area (Å²) in [7, 11) is -2.86. The zero-order chi connectivity index (χ0) is 9.05. The summed E-state index contributed by atoms with van der Waals surface area (Å²) in [5.74, 6) is 1.61. The molecule has 4 nitrogen and oxygen atoms in total. The predicted octanol–water partition coefficient (Wildman–Crippen LogP) is -0.760. The van der Waals surface area contributed by atoms with Crippen molar-refractivity contribution in [3.63, 3.8) is 0 Å². The van der Waals surface area contributed by atoms with Crippen LogP contribution in [0.2, 0.25) is 0 Å². The van der Waals surface area contributed by atoms with Gasteiger partial charge in [-0.2, -0.15) is 4.31 Å². The highest BCUT2D eigenvalue weighted by atomic mass is 32.2. The minimum Gasteiger partial charge on any atom is -0.316 e. The number of sulfonamides is 1. The van der Waals surface area contributed by atoms with Crippen LogP contribution in [0.25, 0.3) is 0 Å². The van der Waals surface area contributed by atoms with Gasteiger partial charge in [0, 0.05) is 12.6 Å². The minimum atomic E-state index is -2.86. The number of hydrogen-bond acceptors (Lipinski definition) is 3. The summed E-state index contributed by atoms with van der Waals surface area (Å²) in [4.78, 5) is 0. The van der Waals surface area contributed by atoms with Gasteiger partial charge in [-0.3, -0.25) is 0 Å². The Balaban J connectivity index is 1.81. The third-order valence-electron chi connectivity index (χ3n) is 3.52. The summed E-state index contributed by atoms with van der Waals surface area (Å²) in [5, 5.41) is 3.28. The van der Waals surface area contributed by atoms with E-state index in [2.05, 4.69) is 5.32 Å². The molecule has 0 aromatic carbocycles. The lowest BCUT2D eigenvalue weighted by molar-refractivity contribution is 0.392. The van der Waals surface area contributed by atoms with Crippen molar-refractivity contribution in [2.75, 3.05) is 25.4 Å². The van der Waals surface area contributed by atoms with Gasteiger partial charge in [-0.1, -0.05) is 0 Å². The van der Waals surface area contributed by atoms with E-state index in [1.807, 2.05) is 0 Å². The average molecular weight is 202 g/mol. The van der Waals surface area contributed by atoms with Gasteiger partial charge in [0.25, 0.3) is 0 Å². The molecule has 0 radical (unpaired) electrons. The van der Waals surface area contributed by atoms with E-state index in [9.17, 15) is 8.42 Å². The van der Waals surface area contributed by atoms with Crippen LogP contribution in [-0.4, -0.2) is 44.2 Å². The Bertz CT molecular complexity index is 317. The normalized spacial score (nSPS) is 47.8. The Morgan fingerprint density at radius 3 is 2.46 bits per heavy atom. The molecule has 3 fully saturated rings. The van der Waals surface area contributed by atoms with Crippen molar-refractivity contribution in [1.29, 1.82) is 0 Å². The maximum absolute atomic E-state index is 11.6. The van der Waals surface area contributed by atoms with E-state index in [4.69, 9.17) is 0 Å². The van der Waals surface area contributed by atoms with Crippen molar-refractivity contribution in [1.82, 2.24) is 9.62 Å². The SMILES string of the molecule is O=S1(=O)CCCN1C1C2CNCC21. The molecular weight excluding hydrogens is 188 g/mol. The highest BCUT2D eigenvalue weighted by Gasteiger charge is 2.59. The summed E-state index contributed by atoms with van der Waals surface area (Å²) in [6.07, 6.45) is 0.825. The van der Waals surface area contributed by atoms with Crippen LogP contribution in [0.4, 0.5) is 0 Å². The van der Waals surface area contributed by atoms with Gasteiger partial charge in [-0.25, -0.2) is 8.42 Å². The van der Waals surface area contributed by atoms with Crippen LogP contribution >= 0.6 is 0 Å². The van der Waals surface area contributed by atoms with Crippen molar-refractivity contribution in [2.24, 2.45) is 11.8 Å². The summed E-state index contributed by atoms with van der Waals surface area (Å²) < 4.78 is 24.9. The van der Waals surface area contributed by atoms with Gasteiger partial charge in [-0.05, 0) is 31.3 Å². The molecule has 74 valence electrons. The van der Waals surface area contributed by atoms with Crippen LogP contribution < -0.4 is 5.32 Å². The fraction of sp³-hybridized carbons (Fsp3) is 1.00. The van der Waals surface area contributed by atoms with Crippen LogP contribution in [0.15, 0.2) is 0 Å². The van der Waals surface area contributed by atoms with E-state index in [0.29, 0.717) is 23.6 Å². The topological polar surface area (TPSA) is 49.4 Å². The molecule has 0 aromatic heterocycles. The fourth-order valence-electron chi connectivity index (χ4n) is 2.81. The van der Waals surface area contributed by atoms with E-state index in [1.165, 1.54) is 0 Å². The molecule has 1 saturated carbocycles. The van der Waals surface area contributed by atoms with Crippen LogP contribution in [0, 0.1) is 11.8 Å². The van der Waals surface area contributed by atoms with Crippen LogP contribution in [0.3, 0.4) is 0 Å². The molecule has 3 aliphatic rings. The fourth-order valence-corrected chi connectivity index (χ4v) is 4.63. The van der Waals surface area contributed by atoms with Crippen molar-refractivity contribution in [2.45, 2.75) is 12.5 Å². The van der Waals surface area contributed by atoms with Crippen molar-refractivity contribution < 1.29 is 8.42 Å². The maximum Gasteiger partial charge on any atom is 0.214 e. The summed E-state index contributed by atoms with van der Waals surface area (Å²) in [6, 6.07) is 0.355. The molecule has 2 unspecified atom stereocenters. The molecule has 2 heterocycles. The first kappa shape index (κ1) is 8.20. The number of hydrogen-bond donors (Lipinski definition) is 1. The Morgan fingerprint density at radius 2 is 1.92 bits per heavy atom. The summed E-state index contributed by atoms with van der Waals surface area (Å²) >= 11 is 0. The number of piperidine rings is 1. The third kappa shape index (κ3) is 1.07. The van der Waals surface area contributed by atoms with Crippen molar-refractivity contribution >= 4 is 10.0 Å². The number of fused-ring (bicyclic) bond motifs is 1. The molecule has 3 rings (SSSR count).